The summed E-state index contributed by atoms with van der Waals surface area (Å²) in [4.78, 5) is 13.0. The number of para-hydroxylation sites is 1. The molecule has 3 heterocycles. The number of amides is 1. The number of furan rings is 1. The largest absolute Gasteiger partial charge is 0.463 e. The van der Waals surface area contributed by atoms with Gasteiger partial charge in [0.2, 0.25) is 5.91 Å². The van der Waals surface area contributed by atoms with E-state index in [1.807, 2.05) is 62.4 Å². The highest BCUT2D eigenvalue weighted by atomic mass is 32.2. The quantitative estimate of drug-likeness (QED) is 0.487. The van der Waals surface area contributed by atoms with Gasteiger partial charge in [0.05, 0.1) is 22.5 Å². The van der Waals surface area contributed by atoms with E-state index in [-0.39, 0.29) is 11.2 Å². The van der Waals surface area contributed by atoms with Crippen LogP contribution in [0.2, 0.25) is 0 Å². The number of rotatable bonds is 5. The van der Waals surface area contributed by atoms with Gasteiger partial charge < -0.3 is 9.73 Å². The summed E-state index contributed by atoms with van der Waals surface area (Å²) in [5, 5.41) is 12.2. The summed E-state index contributed by atoms with van der Waals surface area (Å²) < 4.78 is 7.55. The van der Waals surface area contributed by atoms with Crippen LogP contribution in [0, 0.1) is 20.8 Å². The summed E-state index contributed by atoms with van der Waals surface area (Å²) in [7, 11) is 0. The molecule has 0 aliphatic rings. The van der Waals surface area contributed by atoms with Crippen LogP contribution in [0.3, 0.4) is 0 Å². The summed E-state index contributed by atoms with van der Waals surface area (Å²) in [6.07, 6.45) is 2.34. The van der Waals surface area contributed by atoms with Gasteiger partial charge in [-0.2, -0.15) is 0 Å². The van der Waals surface area contributed by atoms with Gasteiger partial charge in [-0.15, -0.1) is 10.2 Å². The van der Waals surface area contributed by atoms with Gasteiger partial charge in [-0.3, -0.25) is 9.20 Å². The number of hydrogen-bond acceptors (Lipinski definition) is 5. The number of anilines is 1. The van der Waals surface area contributed by atoms with Gasteiger partial charge in [-0.25, -0.2) is 0 Å². The Bertz CT molecular complexity index is 1160. The van der Waals surface area contributed by atoms with Crippen molar-refractivity contribution >= 4 is 40.0 Å². The van der Waals surface area contributed by atoms with E-state index in [4.69, 9.17) is 4.42 Å². The maximum Gasteiger partial charge on any atom is 0.237 e. The molecule has 1 amide bonds. The molecule has 0 aliphatic heterocycles. The van der Waals surface area contributed by atoms with Crippen molar-refractivity contribution in [1.29, 1.82) is 0 Å². The number of benzene rings is 1. The van der Waals surface area contributed by atoms with E-state index in [9.17, 15) is 4.79 Å². The highest BCUT2D eigenvalue weighted by Gasteiger charge is 2.23. The number of nitrogens with zero attached hydrogens (tertiary/aromatic N) is 3. The molecular formula is C21H22N4O2S. The first-order chi connectivity index (χ1) is 13.5. The van der Waals surface area contributed by atoms with Crippen LogP contribution in [0.15, 0.2) is 46.0 Å². The third-order valence-corrected chi connectivity index (χ3v) is 6.24. The molecule has 6 nitrogen and oxygen atoms in total. The summed E-state index contributed by atoms with van der Waals surface area (Å²) >= 11 is 1.44. The number of aromatic nitrogens is 3. The first-order valence-electron chi connectivity index (χ1n) is 9.25. The highest BCUT2D eigenvalue weighted by molar-refractivity contribution is 8.00. The molecule has 4 aromatic rings. The van der Waals surface area contributed by atoms with Crippen molar-refractivity contribution in [3.05, 3.63) is 53.5 Å². The molecule has 1 N–H and O–H groups in total. The van der Waals surface area contributed by atoms with E-state index in [1.165, 1.54) is 11.8 Å². The monoisotopic (exact) mass is 394 g/mol. The highest BCUT2D eigenvalue weighted by Crippen LogP contribution is 2.32. The molecule has 1 atom stereocenters. The molecule has 0 unspecified atom stereocenters. The summed E-state index contributed by atoms with van der Waals surface area (Å²) in [5.41, 5.74) is 5.64. The van der Waals surface area contributed by atoms with Crippen molar-refractivity contribution in [2.75, 3.05) is 5.32 Å². The van der Waals surface area contributed by atoms with Gasteiger partial charge in [0, 0.05) is 17.8 Å². The van der Waals surface area contributed by atoms with Crippen LogP contribution < -0.4 is 5.32 Å². The molecule has 7 heteroatoms. The molecule has 144 valence electrons. The molecule has 0 aliphatic carbocycles. The van der Waals surface area contributed by atoms with Crippen molar-refractivity contribution in [1.82, 2.24) is 14.6 Å². The minimum atomic E-state index is -0.277. The summed E-state index contributed by atoms with van der Waals surface area (Å²) in [6, 6.07) is 9.86. The number of hydrogen-bond donors (Lipinski definition) is 1. The number of nitrogens with one attached hydrogen (secondary N) is 1. The molecule has 0 bridgehead atoms. The normalized spacial score (nSPS) is 12.6. The molecule has 3 aromatic heterocycles. The smallest absolute Gasteiger partial charge is 0.237 e. The Labute approximate surface area is 167 Å². The number of carbonyl (C=O) groups is 1. The summed E-state index contributed by atoms with van der Waals surface area (Å²) in [6.45, 7) is 7.92. The minimum absolute atomic E-state index is 0.0272. The Morgan fingerprint density at radius 2 is 1.93 bits per heavy atom. The van der Waals surface area contributed by atoms with Crippen LogP contribution in [-0.2, 0) is 4.79 Å². The number of carbonyl (C=O) groups excluding carboxylic acids is 1. The van der Waals surface area contributed by atoms with E-state index >= 15 is 0 Å². The maximum absolute atomic E-state index is 13.0. The minimum Gasteiger partial charge on any atom is -0.463 e. The lowest BCUT2D eigenvalue weighted by Crippen LogP contribution is -2.25. The Kier molecular flexibility index (Phi) is 4.85. The molecule has 4 rings (SSSR count). The zero-order valence-electron chi connectivity index (χ0n) is 16.3. The Hall–Kier alpha value is -2.80. The average molecular weight is 395 g/mol. The average Bonchev–Trinajstić information content (AvgIpc) is 3.26. The van der Waals surface area contributed by atoms with E-state index in [2.05, 4.69) is 15.5 Å². The molecule has 0 radical (unpaired) electrons. The Morgan fingerprint density at radius 3 is 2.64 bits per heavy atom. The predicted octanol–water partition coefficient (Wildman–Crippen LogP) is 4.91. The van der Waals surface area contributed by atoms with Crippen molar-refractivity contribution in [3.63, 3.8) is 0 Å². The lowest BCUT2D eigenvalue weighted by molar-refractivity contribution is -0.115. The fourth-order valence-corrected chi connectivity index (χ4v) is 4.36. The van der Waals surface area contributed by atoms with Crippen LogP contribution in [-0.4, -0.2) is 25.8 Å². The van der Waals surface area contributed by atoms with Crippen molar-refractivity contribution in [2.45, 2.75) is 44.4 Å². The van der Waals surface area contributed by atoms with Crippen LogP contribution in [0.5, 0.6) is 0 Å². The molecule has 28 heavy (non-hydrogen) atoms. The van der Waals surface area contributed by atoms with E-state index in [0.717, 1.165) is 44.3 Å². The van der Waals surface area contributed by atoms with E-state index in [0.29, 0.717) is 6.42 Å². The van der Waals surface area contributed by atoms with Gasteiger partial charge in [-0.05, 0) is 38.3 Å². The molecule has 1 aromatic carbocycles. The van der Waals surface area contributed by atoms with Crippen molar-refractivity contribution in [2.24, 2.45) is 0 Å². The zero-order chi connectivity index (χ0) is 19.8. The standard InChI is InChI=1S/C21H22N4O2S/c1-5-18(20(26)22-19-12(2)7-6-8-13(19)3)28-21-16-11-17-15(9-10-27-17)25(16)14(4)23-24-21/h6-11,18H,5H2,1-4H3,(H,22,26)/t18-/m0/s1. The first kappa shape index (κ1) is 18.6. The topological polar surface area (TPSA) is 72.4 Å². The third-order valence-electron chi connectivity index (χ3n) is 4.90. The van der Waals surface area contributed by atoms with Crippen LogP contribution in [0.4, 0.5) is 5.69 Å². The second-order valence-corrected chi connectivity index (χ2v) is 8.05. The second-order valence-electron chi connectivity index (χ2n) is 6.86. The Morgan fingerprint density at radius 1 is 1.18 bits per heavy atom. The number of thioether (sulfide) groups is 1. The van der Waals surface area contributed by atoms with Gasteiger partial charge in [-0.1, -0.05) is 36.9 Å². The summed E-state index contributed by atoms with van der Waals surface area (Å²) in [5.74, 6) is 0.754. The van der Waals surface area contributed by atoms with E-state index in [1.54, 1.807) is 6.26 Å². The van der Waals surface area contributed by atoms with Crippen LogP contribution in [0.25, 0.3) is 16.6 Å². The molecule has 0 fully saturated rings. The van der Waals surface area contributed by atoms with Gasteiger partial charge in [0.1, 0.15) is 10.9 Å². The lowest BCUT2D eigenvalue weighted by atomic mass is 10.1. The van der Waals surface area contributed by atoms with Crippen LogP contribution >= 0.6 is 11.8 Å². The van der Waals surface area contributed by atoms with Crippen LogP contribution in [0.1, 0.15) is 30.3 Å². The predicted molar refractivity (Wildman–Crippen MR) is 112 cm³/mol. The van der Waals surface area contributed by atoms with Gasteiger partial charge >= 0.3 is 0 Å². The number of fused-ring (bicyclic) bond motifs is 3. The SMILES string of the molecule is CC[C@H](Sc1nnc(C)n2c1cc1occc12)C(=O)Nc1c(C)cccc1C. The fourth-order valence-electron chi connectivity index (χ4n) is 3.40. The molecule has 0 saturated heterocycles. The van der Waals surface area contributed by atoms with Crippen molar-refractivity contribution < 1.29 is 9.21 Å². The maximum atomic E-state index is 13.0. The zero-order valence-corrected chi connectivity index (χ0v) is 17.1. The number of aryl methyl sites for hydroxylation is 3. The van der Waals surface area contributed by atoms with Crippen molar-refractivity contribution in [3.8, 4) is 0 Å². The fraction of sp³-hybridized carbons (Fsp3) is 0.286. The molecule has 0 spiro atoms. The second kappa shape index (κ2) is 7.31. The van der Waals surface area contributed by atoms with Gasteiger partial charge in [0.15, 0.2) is 5.58 Å². The van der Waals surface area contributed by atoms with Gasteiger partial charge in [0.25, 0.3) is 0 Å². The lowest BCUT2D eigenvalue weighted by Gasteiger charge is -2.17. The molecule has 0 saturated carbocycles. The molecular weight excluding hydrogens is 372 g/mol. The third kappa shape index (κ3) is 3.16. The van der Waals surface area contributed by atoms with E-state index < -0.39 is 0 Å². The first-order valence-corrected chi connectivity index (χ1v) is 10.1. The Balaban J connectivity index is 1.65.